The fourth-order valence-corrected chi connectivity index (χ4v) is 4.51. The van der Waals surface area contributed by atoms with Gasteiger partial charge in [0.05, 0.1) is 19.8 Å². The second-order valence-corrected chi connectivity index (χ2v) is 9.93. The molecule has 160 valence electrons. The molecule has 0 radical (unpaired) electrons. The number of allylic oxidation sites excluding steroid dienone is 2. The van der Waals surface area contributed by atoms with E-state index >= 15 is 0 Å². The van der Waals surface area contributed by atoms with Crippen molar-refractivity contribution in [3.05, 3.63) is 12.2 Å². The van der Waals surface area contributed by atoms with E-state index in [4.69, 9.17) is 13.6 Å². The predicted molar refractivity (Wildman–Crippen MR) is 118 cm³/mol. The van der Waals surface area contributed by atoms with E-state index in [2.05, 4.69) is 32.9 Å². The van der Waals surface area contributed by atoms with E-state index in [9.17, 15) is 0 Å². The van der Waals surface area contributed by atoms with Crippen LogP contribution in [0.25, 0.3) is 0 Å². The highest BCUT2D eigenvalue weighted by molar-refractivity contribution is 7.41. The number of hydrogen-bond acceptors (Lipinski definition) is 3. The van der Waals surface area contributed by atoms with Crippen molar-refractivity contribution in [2.45, 2.75) is 111 Å². The van der Waals surface area contributed by atoms with Gasteiger partial charge >= 0.3 is 8.60 Å². The van der Waals surface area contributed by atoms with E-state index in [1.54, 1.807) is 0 Å². The lowest BCUT2D eigenvalue weighted by atomic mass is 9.97. The van der Waals surface area contributed by atoms with Crippen molar-refractivity contribution in [3.63, 3.8) is 0 Å². The first-order chi connectivity index (χ1) is 13.1. The van der Waals surface area contributed by atoms with Gasteiger partial charge in [0.1, 0.15) is 0 Å². The summed E-state index contributed by atoms with van der Waals surface area (Å²) in [5.41, 5.74) is 0.131. The van der Waals surface area contributed by atoms with Crippen molar-refractivity contribution in [3.8, 4) is 0 Å². The largest absolute Gasteiger partial charge is 0.332 e. The van der Waals surface area contributed by atoms with Crippen LogP contribution in [-0.2, 0) is 13.6 Å². The van der Waals surface area contributed by atoms with Gasteiger partial charge in [-0.3, -0.25) is 0 Å². The molecule has 0 saturated carbocycles. The molecule has 1 fully saturated rings. The summed E-state index contributed by atoms with van der Waals surface area (Å²) in [6.07, 6.45) is 23.4. The predicted octanol–water partition coefficient (Wildman–Crippen LogP) is 8.34. The lowest BCUT2D eigenvalue weighted by Gasteiger charge is -2.32. The molecular weight excluding hydrogens is 355 g/mol. The van der Waals surface area contributed by atoms with Crippen LogP contribution in [0.1, 0.15) is 111 Å². The topological polar surface area (TPSA) is 27.7 Å². The molecule has 3 nitrogen and oxygen atoms in total. The van der Waals surface area contributed by atoms with Crippen LogP contribution in [0.5, 0.6) is 0 Å². The quantitative estimate of drug-likeness (QED) is 0.139. The van der Waals surface area contributed by atoms with Crippen LogP contribution in [-0.4, -0.2) is 19.8 Å². The van der Waals surface area contributed by atoms with Gasteiger partial charge in [-0.1, -0.05) is 90.7 Å². The Morgan fingerprint density at radius 3 is 1.78 bits per heavy atom. The van der Waals surface area contributed by atoms with E-state index in [1.807, 2.05) is 0 Å². The van der Waals surface area contributed by atoms with Crippen LogP contribution in [0, 0.1) is 5.41 Å². The van der Waals surface area contributed by atoms with Gasteiger partial charge < -0.3 is 13.6 Å². The second-order valence-electron chi connectivity index (χ2n) is 8.71. The SMILES string of the molecule is CCCCCCCC/C=C\CCCCCCCCOP1OCC(C)(C)CO1. The molecule has 0 amide bonds. The normalized spacial score (nSPS) is 17.7. The van der Waals surface area contributed by atoms with Crippen LogP contribution in [0.15, 0.2) is 12.2 Å². The molecule has 0 spiro atoms. The lowest BCUT2D eigenvalue weighted by molar-refractivity contribution is 0.0275. The van der Waals surface area contributed by atoms with E-state index < -0.39 is 8.60 Å². The highest BCUT2D eigenvalue weighted by Crippen LogP contribution is 2.46. The maximum Gasteiger partial charge on any atom is 0.332 e. The standard InChI is InChI=1S/C23H45O3P/c1-4-5-6-7-8-9-10-11-12-13-14-15-16-17-18-19-20-24-27-25-21-23(2,3)22-26-27/h11-12H,4-10,13-22H2,1-3H3/b12-11-. The Kier molecular flexibility index (Phi) is 15.8. The Morgan fingerprint density at radius 2 is 1.22 bits per heavy atom. The molecule has 1 rings (SSSR count). The molecule has 4 heteroatoms. The Morgan fingerprint density at radius 1 is 0.741 bits per heavy atom. The Bertz CT molecular complexity index is 348. The fourth-order valence-electron chi connectivity index (χ4n) is 3.10. The molecule has 1 saturated heterocycles. The Labute approximate surface area is 170 Å². The van der Waals surface area contributed by atoms with E-state index in [0.717, 1.165) is 26.2 Å². The monoisotopic (exact) mass is 400 g/mol. The van der Waals surface area contributed by atoms with Gasteiger partial charge in [-0.05, 0) is 32.1 Å². The van der Waals surface area contributed by atoms with Gasteiger partial charge in [0.15, 0.2) is 0 Å². The summed E-state index contributed by atoms with van der Waals surface area (Å²) in [5, 5.41) is 0. The fraction of sp³-hybridized carbons (Fsp3) is 0.913. The highest BCUT2D eigenvalue weighted by Gasteiger charge is 2.29. The van der Waals surface area contributed by atoms with Crippen LogP contribution in [0.2, 0.25) is 0 Å². The lowest BCUT2D eigenvalue weighted by Crippen LogP contribution is -2.28. The van der Waals surface area contributed by atoms with Gasteiger partial charge in [0.2, 0.25) is 0 Å². The minimum atomic E-state index is -1.08. The van der Waals surface area contributed by atoms with Crippen molar-refractivity contribution in [1.82, 2.24) is 0 Å². The first-order valence-electron chi connectivity index (χ1n) is 11.5. The van der Waals surface area contributed by atoms with Gasteiger partial charge in [0, 0.05) is 5.41 Å². The average Bonchev–Trinajstić information content (AvgIpc) is 2.65. The maximum atomic E-state index is 5.71. The average molecular weight is 401 g/mol. The maximum absolute atomic E-state index is 5.71. The molecule has 1 aliphatic heterocycles. The van der Waals surface area contributed by atoms with E-state index in [-0.39, 0.29) is 5.41 Å². The summed E-state index contributed by atoms with van der Waals surface area (Å²) < 4.78 is 17.0. The van der Waals surface area contributed by atoms with Crippen LogP contribution < -0.4 is 0 Å². The molecule has 0 bridgehead atoms. The zero-order valence-electron chi connectivity index (χ0n) is 18.3. The van der Waals surface area contributed by atoms with Crippen molar-refractivity contribution in [2.75, 3.05) is 19.8 Å². The van der Waals surface area contributed by atoms with Crippen molar-refractivity contribution in [1.29, 1.82) is 0 Å². The van der Waals surface area contributed by atoms with Crippen LogP contribution in [0.3, 0.4) is 0 Å². The summed E-state index contributed by atoms with van der Waals surface area (Å²) in [4.78, 5) is 0. The Balaban J connectivity index is 1.75. The van der Waals surface area contributed by atoms with Gasteiger partial charge in [-0.15, -0.1) is 0 Å². The molecule has 0 aromatic rings. The van der Waals surface area contributed by atoms with Gasteiger partial charge in [-0.25, -0.2) is 0 Å². The molecule has 0 N–H and O–H groups in total. The molecule has 1 heterocycles. The number of unbranched alkanes of at least 4 members (excludes halogenated alkanes) is 12. The molecule has 0 aliphatic carbocycles. The first-order valence-corrected chi connectivity index (χ1v) is 12.6. The minimum Gasteiger partial charge on any atom is -0.312 e. The molecular formula is C23H45O3P. The van der Waals surface area contributed by atoms with E-state index in [0.29, 0.717) is 0 Å². The third kappa shape index (κ3) is 15.6. The van der Waals surface area contributed by atoms with Crippen molar-refractivity contribution in [2.24, 2.45) is 5.41 Å². The molecule has 0 atom stereocenters. The zero-order chi connectivity index (χ0) is 19.6. The second kappa shape index (κ2) is 17.0. The molecule has 0 aromatic heterocycles. The van der Waals surface area contributed by atoms with E-state index in [1.165, 1.54) is 83.5 Å². The Hall–Kier alpha value is 0.0500. The number of hydrogen-bond donors (Lipinski definition) is 0. The zero-order valence-corrected chi connectivity index (χ0v) is 19.2. The summed E-state index contributed by atoms with van der Waals surface area (Å²) in [6.45, 7) is 8.85. The number of rotatable bonds is 17. The third-order valence-electron chi connectivity index (χ3n) is 4.97. The summed E-state index contributed by atoms with van der Waals surface area (Å²) in [5.74, 6) is 0. The minimum absolute atomic E-state index is 0.131. The molecule has 1 aliphatic rings. The summed E-state index contributed by atoms with van der Waals surface area (Å²) in [7, 11) is -1.08. The highest BCUT2D eigenvalue weighted by atomic mass is 31.2. The van der Waals surface area contributed by atoms with Crippen molar-refractivity contribution >= 4 is 8.60 Å². The first kappa shape index (κ1) is 25.1. The van der Waals surface area contributed by atoms with Gasteiger partial charge in [-0.2, -0.15) is 0 Å². The molecule has 27 heavy (non-hydrogen) atoms. The smallest absolute Gasteiger partial charge is 0.312 e. The summed E-state index contributed by atoms with van der Waals surface area (Å²) >= 11 is 0. The van der Waals surface area contributed by atoms with Crippen molar-refractivity contribution < 1.29 is 13.6 Å². The molecule has 0 aromatic carbocycles. The summed E-state index contributed by atoms with van der Waals surface area (Å²) in [6, 6.07) is 0. The van der Waals surface area contributed by atoms with Crippen LogP contribution in [0.4, 0.5) is 0 Å². The molecule has 0 unspecified atom stereocenters. The van der Waals surface area contributed by atoms with Gasteiger partial charge in [0.25, 0.3) is 0 Å². The van der Waals surface area contributed by atoms with Crippen LogP contribution >= 0.6 is 8.60 Å². The third-order valence-corrected chi connectivity index (χ3v) is 6.05.